The largest absolute Gasteiger partial charge is 0.482 e. The number of hydrogen-bond acceptors (Lipinski definition) is 4. The molecular weight excluding hydrogens is 472 g/mol. The Balaban J connectivity index is 1.24. The Morgan fingerprint density at radius 1 is 0.853 bits per heavy atom. The van der Waals surface area contributed by atoms with E-state index >= 15 is 0 Å². The van der Waals surface area contributed by atoms with E-state index in [1.165, 1.54) is 33.6 Å². The van der Waals surface area contributed by atoms with Crippen LogP contribution in [0.5, 0.6) is 5.75 Å². The van der Waals surface area contributed by atoms with Gasteiger partial charge in [-0.3, -0.25) is 4.79 Å². The summed E-state index contributed by atoms with van der Waals surface area (Å²) in [6.07, 6.45) is 1.49. The smallest absolute Gasteiger partial charge is 0.260 e. The van der Waals surface area contributed by atoms with Crippen molar-refractivity contribution >= 4 is 27.5 Å². The Bertz CT molecular complexity index is 1340. The van der Waals surface area contributed by atoms with Gasteiger partial charge >= 0.3 is 0 Å². The van der Waals surface area contributed by atoms with Crippen LogP contribution in [-0.4, -0.2) is 43.2 Å². The van der Waals surface area contributed by atoms with E-state index in [9.17, 15) is 13.2 Å². The number of fused-ring (bicyclic) bond motifs is 2. The van der Waals surface area contributed by atoms with Crippen molar-refractivity contribution in [1.82, 2.24) is 9.21 Å². The molecule has 34 heavy (non-hydrogen) atoms. The molecule has 0 bridgehead atoms. The molecule has 5 rings (SSSR count). The standard InChI is InChI=1S/C26H25ClN2O4S/c27-24-15-23(34(31,32)29-14-12-20-6-2-4-8-22(20)17-29)9-10-25(24)33-18-26(30)28-13-11-19-5-1-3-7-21(19)16-28/h1-10,15H,11-14,16-18H2. The number of carbonyl (C=O) groups is 1. The number of hydrogen-bond donors (Lipinski definition) is 0. The summed E-state index contributed by atoms with van der Waals surface area (Å²) in [5.74, 6) is 0.157. The van der Waals surface area contributed by atoms with Gasteiger partial charge in [-0.1, -0.05) is 60.1 Å². The summed E-state index contributed by atoms with van der Waals surface area (Å²) in [5.41, 5.74) is 4.61. The van der Waals surface area contributed by atoms with Crippen LogP contribution in [0.2, 0.25) is 5.02 Å². The van der Waals surface area contributed by atoms with E-state index in [-0.39, 0.29) is 28.2 Å². The van der Waals surface area contributed by atoms with E-state index in [0.717, 1.165) is 17.5 Å². The summed E-state index contributed by atoms with van der Waals surface area (Å²) < 4.78 is 33.5. The lowest BCUT2D eigenvalue weighted by Gasteiger charge is -2.29. The van der Waals surface area contributed by atoms with Gasteiger partial charge in [0.25, 0.3) is 5.91 Å². The van der Waals surface area contributed by atoms with Crippen LogP contribution in [0.15, 0.2) is 71.6 Å². The molecule has 0 atom stereocenters. The Hall–Kier alpha value is -2.87. The maximum absolute atomic E-state index is 13.2. The molecule has 0 unspecified atom stereocenters. The lowest BCUT2D eigenvalue weighted by Crippen LogP contribution is -2.38. The number of ether oxygens (including phenoxy) is 1. The molecule has 0 N–H and O–H groups in total. The molecule has 8 heteroatoms. The lowest BCUT2D eigenvalue weighted by molar-refractivity contribution is -0.134. The molecule has 3 aromatic carbocycles. The van der Waals surface area contributed by atoms with E-state index in [4.69, 9.17) is 16.3 Å². The van der Waals surface area contributed by atoms with Gasteiger partial charge in [0.2, 0.25) is 10.0 Å². The van der Waals surface area contributed by atoms with Gasteiger partial charge < -0.3 is 9.64 Å². The second-order valence-electron chi connectivity index (χ2n) is 8.57. The highest BCUT2D eigenvalue weighted by Gasteiger charge is 2.29. The number of benzene rings is 3. The predicted octanol–water partition coefficient (Wildman–Crippen LogP) is 4.05. The fourth-order valence-corrected chi connectivity index (χ4v) is 6.27. The lowest BCUT2D eigenvalue weighted by atomic mass is 10.00. The van der Waals surface area contributed by atoms with Gasteiger partial charge in [0, 0.05) is 26.2 Å². The second-order valence-corrected chi connectivity index (χ2v) is 10.9. The van der Waals surface area contributed by atoms with Crippen LogP contribution in [0.4, 0.5) is 0 Å². The van der Waals surface area contributed by atoms with E-state index in [2.05, 4.69) is 6.07 Å². The number of nitrogens with zero attached hydrogens (tertiary/aromatic N) is 2. The molecule has 3 aromatic rings. The quantitative estimate of drug-likeness (QED) is 0.534. The van der Waals surface area contributed by atoms with Crippen LogP contribution >= 0.6 is 11.6 Å². The van der Waals surface area contributed by atoms with Crippen molar-refractivity contribution in [3.8, 4) is 5.75 Å². The first-order chi connectivity index (χ1) is 16.4. The first-order valence-corrected chi connectivity index (χ1v) is 13.1. The zero-order valence-electron chi connectivity index (χ0n) is 18.6. The van der Waals surface area contributed by atoms with E-state index in [1.807, 2.05) is 42.5 Å². The third-order valence-electron chi connectivity index (χ3n) is 6.47. The molecule has 1 amide bonds. The zero-order chi connectivity index (χ0) is 23.7. The number of amides is 1. The van der Waals surface area contributed by atoms with Gasteiger partial charge in [0.05, 0.1) is 9.92 Å². The number of sulfonamides is 1. The third-order valence-corrected chi connectivity index (χ3v) is 8.61. The Morgan fingerprint density at radius 3 is 2.15 bits per heavy atom. The summed E-state index contributed by atoms with van der Waals surface area (Å²) in [6, 6.07) is 20.4. The molecule has 6 nitrogen and oxygen atoms in total. The third kappa shape index (κ3) is 4.56. The molecule has 0 fully saturated rings. The fourth-order valence-electron chi connectivity index (χ4n) is 4.52. The Kier molecular flexibility index (Phi) is 6.34. The van der Waals surface area contributed by atoms with Crippen molar-refractivity contribution in [1.29, 1.82) is 0 Å². The maximum atomic E-state index is 13.2. The minimum Gasteiger partial charge on any atom is -0.482 e. The van der Waals surface area contributed by atoms with E-state index in [0.29, 0.717) is 32.6 Å². The molecule has 2 aliphatic heterocycles. The molecule has 0 aliphatic carbocycles. The first kappa shape index (κ1) is 22.9. The van der Waals surface area contributed by atoms with E-state index < -0.39 is 10.0 Å². The van der Waals surface area contributed by atoms with Gasteiger partial charge in [-0.15, -0.1) is 0 Å². The van der Waals surface area contributed by atoms with E-state index in [1.54, 1.807) is 4.90 Å². The van der Waals surface area contributed by atoms with Gasteiger partial charge in [0.15, 0.2) is 6.61 Å². The van der Waals surface area contributed by atoms with Crippen LogP contribution in [0, 0.1) is 0 Å². The summed E-state index contributed by atoms with van der Waals surface area (Å²) >= 11 is 6.36. The average molecular weight is 497 g/mol. The average Bonchev–Trinajstić information content (AvgIpc) is 2.87. The predicted molar refractivity (Wildman–Crippen MR) is 130 cm³/mol. The molecule has 2 aliphatic rings. The van der Waals surface area contributed by atoms with Crippen molar-refractivity contribution in [3.63, 3.8) is 0 Å². The molecule has 0 aromatic heterocycles. The molecular formula is C26H25ClN2O4S. The molecule has 0 saturated heterocycles. The SMILES string of the molecule is O=C(COc1ccc(S(=O)(=O)N2CCc3ccccc3C2)cc1Cl)N1CCc2ccccc2C1. The summed E-state index contributed by atoms with van der Waals surface area (Å²) in [4.78, 5) is 14.6. The van der Waals surface area contributed by atoms with Gasteiger partial charge in [-0.05, 0) is 53.3 Å². The van der Waals surface area contributed by atoms with Crippen LogP contribution < -0.4 is 4.74 Å². The second kappa shape index (κ2) is 9.41. The normalized spacial score (nSPS) is 16.0. The minimum atomic E-state index is -3.70. The Morgan fingerprint density at radius 2 is 1.47 bits per heavy atom. The number of halogens is 1. The molecule has 176 valence electrons. The van der Waals surface area contributed by atoms with Crippen molar-refractivity contribution in [3.05, 3.63) is 94.0 Å². The topological polar surface area (TPSA) is 66.9 Å². The van der Waals surface area contributed by atoms with Crippen LogP contribution in [-0.2, 0) is 40.7 Å². The van der Waals surface area contributed by atoms with Crippen molar-refractivity contribution < 1.29 is 17.9 Å². The monoisotopic (exact) mass is 496 g/mol. The number of rotatable bonds is 5. The highest BCUT2D eigenvalue weighted by Crippen LogP contribution is 2.31. The van der Waals surface area contributed by atoms with Gasteiger partial charge in [-0.2, -0.15) is 4.31 Å². The van der Waals surface area contributed by atoms with Gasteiger partial charge in [-0.25, -0.2) is 8.42 Å². The highest BCUT2D eigenvalue weighted by molar-refractivity contribution is 7.89. The Labute approximate surface area is 204 Å². The van der Waals surface area contributed by atoms with Crippen LogP contribution in [0.1, 0.15) is 22.3 Å². The van der Waals surface area contributed by atoms with Crippen molar-refractivity contribution in [2.75, 3.05) is 19.7 Å². The summed E-state index contributed by atoms with van der Waals surface area (Å²) in [5, 5.41) is 0.162. The molecule has 0 radical (unpaired) electrons. The maximum Gasteiger partial charge on any atom is 0.260 e. The zero-order valence-corrected chi connectivity index (χ0v) is 20.2. The van der Waals surface area contributed by atoms with Crippen molar-refractivity contribution in [2.45, 2.75) is 30.8 Å². The van der Waals surface area contributed by atoms with Crippen molar-refractivity contribution in [2.24, 2.45) is 0 Å². The molecule has 0 saturated carbocycles. The molecule has 0 spiro atoms. The van der Waals surface area contributed by atoms with Gasteiger partial charge in [0.1, 0.15) is 5.75 Å². The summed E-state index contributed by atoms with van der Waals surface area (Å²) in [7, 11) is -3.70. The highest BCUT2D eigenvalue weighted by atomic mass is 35.5. The first-order valence-electron chi connectivity index (χ1n) is 11.3. The summed E-state index contributed by atoms with van der Waals surface area (Å²) in [6.45, 7) is 1.80. The minimum absolute atomic E-state index is 0.114. The van der Waals surface area contributed by atoms with Crippen LogP contribution in [0.3, 0.4) is 0 Å². The van der Waals surface area contributed by atoms with Crippen LogP contribution in [0.25, 0.3) is 0 Å². The fraction of sp³-hybridized carbons (Fsp3) is 0.269. The number of carbonyl (C=O) groups excluding carboxylic acids is 1. The molecule has 2 heterocycles.